The number of rotatable bonds is 10. The van der Waals surface area contributed by atoms with E-state index >= 15 is 0 Å². The Morgan fingerprint density at radius 1 is 1.00 bits per heavy atom. The number of benzene rings is 2. The summed E-state index contributed by atoms with van der Waals surface area (Å²) >= 11 is 0. The highest BCUT2D eigenvalue weighted by Gasteiger charge is 2.49. The van der Waals surface area contributed by atoms with Crippen LogP contribution in [0.15, 0.2) is 42.5 Å². The van der Waals surface area contributed by atoms with Gasteiger partial charge in [-0.2, -0.15) is 21.6 Å². The minimum absolute atomic E-state index is 0.0143. The van der Waals surface area contributed by atoms with E-state index in [0.29, 0.717) is 25.2 Å². The zero-order valence-corrected chi connectivity index (χ0v) is 16.3. The largest absolute Gasteiger partial charge is 0.534 e. The molecule has 2 aromatic rings. The molecule has 0 fully saturated rings. The second-order valence-electron chi connectivity index (χ2n) is 5.97. The van der Waals surface area contributed by atoms with E-state index in [1.54, 1.807) is 0 Å². The maximum atomic E-state index is 12.7. The van der Waals surface area contributed by atoms with Crippen molar-refractivity contribution in [1.82, 2.24) is 0 Å². The Labute approximate surface area is 166 Å². The second-order valence-corrected chi connectivity index (χ2v) is 7.51. The van der Waals surface area contributed by atoms with E-state index in [2.05, 4.69) is 4.18 Å². The summed E-state index contributed by atoms with van der Waals surface area (Å²) in [6, 6.07) is 12.0. The molecule has 0 N–H and O–H groups in total. The lowest BCUT2D eigenvalue weighted by atomic mass is 10.1. The zero-order chi connectivity index (χ0) is 21.5. The normalized spacial score (nSPS) is 11.9. The van der Waals surface area contributed by atoms with Crippen LogP contribution in [0.2, 0.25) is 0 Å². The first-order chi connectivity index (χ1) is 13.7. The van der Waals surface area contributed by atoms with Crippen LogP contribution in [0.3, 0.4) is 0 Å². The van der Waals surface area contributed by atoms with E-state index in [4.69, 9.17) is 9.47 Å². The van der Waals surface area contributed by atoms with Crippen LogP contribution in [0, 0.1) is 6.92 Å². The molecule has 0 saturated heterocycles. The van der Waals surface area contributed by atoms with Crippen LogP contribution in [-0.4, -0.2) is 33.4 Å². The SMILES string of the molecule is Cc1ccc(C=O)c(OS(=O)(=O)C(F)(F)F)c1OCCCOCc1ccccc1. The zero-order valence-electron chi connectivity index (χ0n) is 15.4. The Morgan fingerprint density at radius 3 is 2.31 bits per heavy atom. The number of hydrogen-bond donors (Lipinski definition) is 0. The fraction of sp³-hybridized carbons (Fsp3) is 0.316. The molecule has 0 heterocycles. The highest BCUT2D eigenvalue weighted by Crippen LogP contribution is 2.38. The lowest BCUT2D eigenvalue weighted by molar-refractivity contribution is -0.0500. The van der Waals surface area contributed by atoms with E-state index in [1.165, 1.54) is 13.0 Å². The smallest absolute Gasteiger partial charge is 0.489 e. The van der Waals surface area contributed by atoms with Gasteiger partial charge in [-0.15, -0.1) is 0 Å². The molecule has 0 aliphatic rings. The predicted octanol–water partition coefficient (Wildman–Crippen LogP) is 4.02. The Kier molecular flexibility index (Phi) is 7.63. The maximum absolute atomic E-state index is 12.7. The van der Waals surface area contributed by atoms with Crippen molar-refractivity contribution in [1.29, 1.82) is 0 Å². The van der Waals surface area contributed by atoms with E-state index in [9.17, 15) is 26.4 Å². The molecule has 0 atom stereocenters. The van der Waals surface area contributed by atoms with Crippen LogP contribution >= 0.6 is 0 Å². The molecule has 158 valence electrons. The number of halogens is 3. The van der Waals surface area contributed by atoms with Crippen LogP contribution in [0.5, 0.6) is 11.5 Å². The van der Waals surface area contributed by atoms with Gasteiger partial charge in [0.1, 0.15) is 0 Å². The van der Waals surface area contributed by atoms with Crippen LogP contribution in [0.25, 0.3) is 0 Å². The minimum Gasteiger partial charge on any atom is -0.489 e. The summed E-state index contributed by atoms with van der Waals surface area (Å²) in [7, 11) is -5.96. The van der Waals surface area contributed by atoms with Crippen molar-refractivity contribution in [3.63, 3.8) is 0 Å². The number of ether oxygens (including phenoxy) is 2. The Hall–Kier alpha value is -2.59. The fourth-order valence-electron chi connectivity index (χ4n) is 2.29. The molecule has 0 spiro atoms. The molecule has 0 aromatic heterocycles. The standard InChI is InChI=1S/C19H19F3O6S/c1-14-8-9-16(12-23)18(28-29(24,25)19(20,21)22)17(14)27-11-5-10-26-13-15-6-3-2-4-7-15/h2-4,6-9,12H,5,10-11,13H2,1H3. The van der Waals surface area contributed by atoms with Gasteiger partial charge in [0.15, 0.2) is 17.8 Å². The summed E-state index contributed by atoms with van der Waals surface area (Å²) in [6.07, 6.45) is 0.569. The predicted molar refractivity (Wildman–Crippen MR) is 98.4 cm³/mol. The molecule has 0 bridgehead atoms. The molecular weight excluding hydrogens is 413 g/mol. The first kappa shape index (κ1) is 22.7. The summed E-state index contributed by atoms with van der Waals surface area (Å²) in [5.74, 6) is -1.03. The van der Waals surface area contributed by atoms with Gasteiger partial charge < -0.3 is 13.7 Å². The van der Waals surface area contributed by atoms with Crippen LogP contribution in [-0.2, 0) is 21.5 Å². The number of aryl methyl sites for hydroxylation is 1. The second kappa shape index (κ2) is 9.75. The van der Waals surface area contributed by atoms with Crippen molar-refractivity contribution in [2.24, 2.45) is 0 Å². The van der Waals surface area contributed by atoms with Crippen molar-refractivity contribution < 1.29 is 40.0 Å². The van der Waals surface area contributed by atoms with Gasteiger partial charge in [0.25, 0.3) is 0 Å². The van der Waals surface area contributed by atoms with E-state index in [1.807, 2.05) is 30.3 Å². The third-order valence-corrected chi connectivity index (χ3v) is 4.69. The summed E-state index contributed by atoms with van der Waals surface area (Å²) in [5, 5.41) is 0. The molecule has 10 heteroatoms. The summed E-state index contributed by atoms with van der Waals surface area (Å²) in [6.45, 7) is 2.19. The molecule has 0 radical (unpaired) electrons. The molecule has 2 rings (SSSR count). The van der Waals surface area contributed by atoms with Gasteiger partial charge in [-0.1, -0.05) is 36.4 Å². The van der Waals surface area contributed by atoms with Gasteiger partial charge in [0.2, 0.25) is 0 Å². The lowest BCUT2D eigenvalue weighted by Gasteiger charge is -2.17. The van der Waals surface area contributed by atoms with Crippen LogP contribution in [0.1, 0.15) is 27.9 Å². The van der Waals surface area contributed by atoms with Crippen molar-refractivity contribution in [3.05, 3.63) is 59.2 Å². The van der Waals surface area contributed by atoms with Gasteiger partial charge in [-0.05, 0) is 24.1 Å². The number of carbonyl (C=O) groups excluding carboxylic acids is 1. The molecule has 2 aromatic carbocycles. The van der Waals surface area contributed by atoms with Gasteiger partial charge in [0.05, 0.1) is 25.4 Å². The molecule has 0 unspecified atom stereocenters. The van der Waals surface area contributed by atoms with Crippen molar-refractivity contribution in [2.75, 3.05) is 13.2 Å². The molecular formula is C19H19F3O6S. The molecule has 6 nitrogen and oxygen atoms in total. The Morgan fingerprint density at radius 2 is 1.69 bits per heavy atom. The Balaban J connectivity index is 2.03. The third-order valence-electron chi connectivity index (χ3n) is 3.73. The quantitative estimate of drug-likeness (QED) is 0.244. The van der Waals surface area contributed by atoms with E-state index in [0.717, 1.165) is 11.6 Å². The average molecular weight is 432 g/mol. The van der Waals surface area contributed by atoms with Gasteiger partial charge in [-0.3, -0.25) is 4.79 Å². The van der Waals surface area contributed by atoms with Gasteiger partial charge in [-0.25, -0.2) is 0 Å². The molecule has 0 amide bonds. The van der Waals surface area contributed by atoms with Crippen molar-refractivity contribution in [2.45, 2.75) is 25.5 Å². The lowest BCUT2D eigenvalue weighted by Crippen LogP contribution is -2.28. The molecule has 0 saturated carbocycles. The fourth-order valence-corrected chi connectivity index (χ4v) is 2.78. The number of hydrogen-bond acceptors (Lipinski definition) is 6. The van der Waals surface area contributed by atoms with Crippen molar-refractivity contribution in [3.8, 4) is 11.5 Å². The maximum Gasteiger partial charge on any atom is 0.534 e. The average Bonchev–Trinajstić information content (AvgIpc) is 2.66. The minimum atomic E-state index is -5.96. The van der Waals surface area contributed by atoms with E-state index < -0.39 is 21.4 Å². The summed E-state index contributed by atoms with van der Waals surface area (Å²) in [4.78, 5) is 11.1. The van der Waals surface area contributed by atoms with Crippen LogP contribution in [0.4, 0.5) is 13.2 Å². The van der Waals surface area contributed by atoms with Crippen molar-refractivity contribution >= 4 is 16.4 Å². The van der Waals surface area contributed by atoms with Crippen LogP contribution < -0.4 is 8.92 Å². The summed E-state index contributed by atoms with van der Waals surface area (Å²) in [5.41, 5.74) is -4.72. The topological polar surface area (TPSA) is 78.9 Å². The third kappa shape index (κ3) is 6.20. The first-order valence-corrected chi connectivity index (χ1v) is 9.90. The number of carbonyl (C=O) groups is 1. The molecule has 0 aliphatic carbocycles. The molecule has 0 aliphatic heterocycles. The Bertz CT molecular complexity index is 927. The van der Waals surface area contributed by atoms with E-state index in [-0.39, 0.29) is 24.2 Å². The number of aldehydes is 1. The monoisotopic (exact) mass is 432 g/mol. The first-order valence-electron chi connectivity index (χ1n) is 8.49. The molecule has 29 heavy (non-hydrogen) atoms. The summed E-state index contributed by atoms with van der Waals surface area (Å²) < 4.78 is 75.8. The van der Waals surface area contributed by atoms with Gasteiger partial charge >= 0.3 is 15.6 Å². The highest BCUT2D eigenvalue weighted by molar-refractivity contribution is 7.88. The van der Waals surface area contributed by atoms with Gasteiger partial charge in [0, 0.05) is 6.42 Å². The number of alkyl halides is 3. The highest BCUT2D eigenvalue weighted by atomic mass is 32.2.